The summed E-state index contributed by atoms with van der Waals surface area (Å²) in [6.07, 6.45) is 0.674. The van der Waals surface area contributed by atoms with E-state index in [4.69, 9.17) is 0 Å². The van der Waals surface area contributed by atoms with Gasteiger partial charge in [-0.3, -0.25) is 15.0 Å². The molecular weight excluding hydrogens is 353 g/mol. The van der Waals surface area contributed by atoms with Gasteiger partial charge in [0.15, 0.2) is 5.75 Å². The van der Waals surface area contributed by atoms with Crippen molar-refractivity contribution in [1.29, 1.82) is 0 Å². The highest BCUT2D eigenvalue weighted by Gasteiger charge is 2.29. The molecule has 2 N–H and O–H groups in total. The topological polar surface area (TPSA) is 78.6 Å². The van der Waals surface area contributed by atoms with Gasteiger partial charge in [0.25, 0.3) is 0 Å². The molecule has 1 aromatic rings. The number of piperazine rings is 1. The molecule has 0 aromatic heterocycles. The Kier molecular flexibility index (Phi) is 9.29. The number of aryl methyl sites for hydroxylation is 1. The molecule has 1 heterocycles. The third-order valence-corrected chi connectivity index (χ3v) is 4.06. The zero-order valence-electron chi connectivity index (χ0n) is 13.9. The molecule has 0 unspecified atom stereocenters. The molecule has 1 fully saturated rings. The van der Waals surface area contributed by atoms with Crippen molar-refractivity contribution in [3.8, 4) is 5.75 Å². The molecule has 0 spiro atoms. The van der Waals surface area contributed by atoms with E-state index in [0.717, 1.165) is 31.8 Å². The molecule has 0 saturated carbocycles. The first kappa shape index (κ1) is 22.7. The van der Waals surface area contributed by atoms with Crippen molar-refractivity contribution in [2.24, 2.45) is 0 Å². The number of hydrogen-bond donors (Lipinski definition) is 2. The normalized spacial score (nSPS) is 15.8. The van der Waals surface area contributed by atoms with E-state index in [1.807, 2.05) is 6.92 Å². The Hall–Kier alpha value is -1.34. The minimum absolute atomic E-state index is 0. The lowest BCUT2D eigenvalue weighted by molar-refractivity contribution is -0.386. The van der Waals surface area contributed by atoms with Gasteiger partial charge in [-0.25, -0.2) is 0 Å². The van der Waals surface area contributed by atoms with Crippen LogP contribution in [0, 0.1) is 17.0 Å². The molecule has 0 amide bonds. The highest BCUT2D eigenvalue weighted by molar-refractivity contribution is 5.85. The number of phenols is 1. The van der Waals surface area contributed by atoms with Crippen LogP contribution >= 0.6 is 24.8 Å². The first-order chi connectivity index (χ1) is 10.4. The lowest BCUT2D eigenvalue weighted by Crippen LogP contribution is -2.45. The second kappa shape index (κ2) is 9.84. The smallest absolute Gasteiger partial charge is 0.313 e. The molecule has 1 aliphatic heterocycles. The predicted octanol–water partition coefficient (Wildman–Crippen LogP) is 3.36. The van der Waals surface area contributed by atoms with Gasteiger partial charge < -0.3 is 10.4 Å². The van der Waals surface area contributed by atoms with Gasteiger partial charge in [0.1, 0.15) is 0 Å². The van der Waals surface area contributed by atoms with Gasteiger partial charge in [-0.15, -0.1) is 31.4 Å². The van der Waals surface area contributed by atoms with Crippen LogP contribution in [-0.4, -0.2) is 41.1 Å². The number of nitrogens with zero attached hydrogens (tertiary/aromatic N) is 2. The molecule has 0 aliphatic carbocycles. The average Bonchev–Trinajstić information content (AvgIpc) is 2.46. The molecule has 136 valence electrons. The van der Waals surface area contributed by atoms with Crippen molar-refractivity contribution in [3.05, 3.63) is 45.5 Å². The van der Waals surface area contributed by atoms with Gasteiger partial charge in [-0.1, -0.05) is 17.7 Å². The first-order valence-electron chi connectivity index (χ1n) is 7.47. The molecule has 2 rings (SSSR count). The predicted molar refractivity (Wildman–Crippen MR) is 101 cm³/mol. The summed E-state index contributed by atoms with van der Waals surface area (Å²) < 4.78 is 0. The highest BCUT2D eigenvalue weighted by Crippen LogP contribution is 2.40. The maximum Gasteiger partial charge on any atom is 0.313 e. The molecule has 1 atom stereocenters. The SMILES string of the molecule is C=C(C)C[C@@H](c1ccc(C)c([N+](=O)[O-])c1O)N1CCNCC1.Cl.Cl. The fourth-order valence-corrected chi connectivity index (χ4v) is 2.96. The molecule has 0 bridgehead atoms. The zero-order chi connectivity index (χ0) is 16.3. The molecule has 0 radical (unpaired) electrons. The van der Waals surface area contributed by atoms with E-state index >= 15 is 0 Å². The van der Waals surface area contributed by atoms with Gasteiger partial charge in [0.05, 0.1) is 4.92 Å². The number of nitrogens with one attached hydrogen (secondary N) is 1. The van der Waals surface area contributed by atoms with Crippen LogP contribution in [0.25, 0.3) is 0 Å². The largest absolute Gasteiger partial charge is 0.502 e. The van der Waals surface area contributed by atoms with Crippen molar-refractivity contribution in [2.45, 2.75) is 26.3 Å². The number of hydrogen-bond acceptors (Lipinski definition) is 5. The number of benzene rings is 1. The Balaban J connectivity index is 0.00000264. The summed E-state index contributed by atoms with van der Waals surface area (Å²) in [5.41, 5.74) is 1.88. The van der Waals surface area contributed by atoms with Crippen LogP contribution in [0.4, 0.5) is 5.69 Å². The van der Waals surface area contributed by atoms with Gasteiger partial charge in [-0.05, 0) is 20.3 Å². The van der Waals surface area contributed by atoms with Crippen LogP contribution in [0.15, 0.2) is 24.3 Å². The van der Waals surface area contributed by atoms with Crippen LogP contribution in [-0.2, 0) is 0 Å². The Morgan fingerprint density at radius 2 is 2.00 bits per heavy atom. The maximum absolute atomic E-state index is 11.2. The second-order valence-electron chi connectivity index (χ2n) is 5.89. The van der Waals surface area contributed by atoms with Crippen molar-refractivity contribution < 1.29 is 10.0 Å². The van der Waals surface area contributed by atoms with Gasteiger partial charge in [-0.2, -0.15) is 0 Å². The number of aromatic hydroxyl groups is 1. The van der Waals surface area contributed by atoms with Crippen LogP contribution in [0.1, 0.15) is 30.5 Å². The number of halogens is 2. The number of nitro groups is 1. The summed E-state index contributed by atoms with van der Waals surface area (Å²) in [4.78, 5) is 13.0. The molecular formula is C16H25Cl2N3O3. The Morgan fingerprint density at radius 1 is 1.42 bits per heavy atom. The molecule has 1 aromatic carbocycles. The lowest BCUT2D eigenvalue weighted by atomic mass is 9.95. The number of phenolic OH excluding ortho intramolecular Hbond substituents is 1. The highest BCUT2D eigenvalue weighted by atomic mass is 35.5. The lowest BCUT2D eigenvalue weighted by Gasteiger charge is -2.35. The van der Waals surface area contributed by atoms with Crippen LogP contribution in [0.3, 0.4) is 0 Å². The van der Waals surface area contributed by atoms with E-state index in [1.54, 1.807) is 19.1 Å². The second-order valence-corrected chi connectivity index (χ2v) is 5.89. The fourth-order valence-electron chi connectivity index (χ4n) is 2.96. The van der Waals surface area contributed by atoms with Crippen molar-refractivity contribution in [3.63, 3.8) is 0 Å². The van der Waals surface area contributed by atoms with E-state index < -0.39 is 4.92 Å². The van der Waals surface area contributed by atoms with Crippen molar-refractivity contribution in [2.75, 3.05) is 26.2 Å². The Morgan fingerprint density at radius 3 is 2.50 bits per heavy atom. The zero-order valence-corrected chi connectivity index (χ0v) is 15.6. The number of nitro benzene ring substituents is 1. The summed E-state index contributed by atoms with van der Waals surface area (Å²) in [5, 5.41) is 25.0. The Labute approximate surface area is 154 Å². The van der Waals surface area contributed by atoms with Gasteiger partial charge in [0, 0.05) is 43.3 Å². The van der Waals surface area contributed by atoms with E-state index in [0.29, 0.717) is 17.5 Å². The minimum Gasteiger partial charge on any atom is -0.502 e. The van der Waals surface area contributed by atoms with E-state index in [1.165, 1.54) is 0 Å². The monoisotopic (exact) mass is 377 g/mol. The third-order valence-electron chi connectivity index (χ3n) is 4.06. The van der Waals surface area contributed by atoms with Crippen LogP contribution in [0.2, 0.25) is 0 Å². The third kappa shape index (κ3) is 5.08. The summed E-state index contributed by atoms with van der Waals surface area (Å²) in [6.45, 7) is 11.0. The summed E-state index contributed by atoms with van der Waals surface area (Å²) in [6, 6.07) is 3.42. The maximum atomic E-state index is 11.2. The van der Waals surface area contributed by atoms with Gasteiger partial charge >= 0.3 is 5.69 Å². The van der Waals surface area contributed by atoms with Gasteiger partial charge in [0.2, 0.25) is 0 Å². The summed E-state index contributed by atoms with van der Waals surface area (Å²) >= 11 is 0. The Bertz CT molecular complexity index is 590. The molecule has 24 heavy (non-hydrogen) atoms. The first-order valence-corrected chi connectivity index (χ1v) is 7.47. The van der Waals surface area contributed by atoms with E-state index in [9.17, 15) is 15.2 Å². The van der Waals surface area contributed by atoms with Crippen LogP contribution in [0.5, 0.6) is 5.75 Å². The average molecular weight is 378 g/mol. The quantitative estimate of drug-likeness (QED) is 0.467. The van der Waals surface area contributed by atoms with E-state index in [-0.39, 0.29) is 42.3 Å². The standard InChI is InChI=1S/C16H23N3O3.2ClH/c1-11(2)10-14(18-8-6-17-7-9-18)13-5-4-12(3)15(16(13)20)19(21)22;;/h4-5,14,17,20H,1,6-10H2,2-3H3;2*1H/t14-;;/m0../s1. The molecule has 8 heteroatoms. The molecule has 1 aliphatic rings. The fraction of sp³-hybridized carbons (Fsp3) is 0.500. The van der Waals surface area contributed by atoms with Crippen molar-refractivity contribution in [1.82, 2.24) is 10.2 Å². The minimum atomic E-state index is -0.510. The van der Waals surface area contributed by atoms with Crippen molar-refractivity contribution >= 4 is 30.5 Å². The summed E-state index contributed by atoms with van der Waals surface area (Å²) in [7, 11) is 0. The van der Waals surface area contributed by atoms with E-state index in [2.05, 4.69) is 16.8 Å². The molecule has 6 nitrogen and oxygen atoms in total. The van der Waals surface area contributed by atoms with Crippen LogP contribution < -0.4 is 5.32 Å². The summed E-state index contributed by atoms with van der Waals surface area (Å²) in [5.74, 6) is -0.213. The molecule has 1 saturated heterocycles. The number of rotatable bonds is 5.